The number of piperidine rings is 1. The van der Waals surface area contributed by atoms with Crippen molar-refractivity contribution in [1.82, 2.24) is 10.2 Å². The first-order chi connectivity index (χ1) is 14.0. The molecular formula is C23H25FN3O2. The summed E-state index contributed by atoms with van der Waals surface area (Å²) < 4.78 is 14.5. The summed E-state index contributed by atoms with van der Waals surface area (Å²) in [4.78, 5) is 26.0. The summed E-state index contributed by atoms with van der Waals surface area (Å²) in [7, 11) is 0. The molecule has 0 aromatic heterocycles. The Morgan fingerprint density at radius 3 is 2.62 bits per heavy atom. The number of anilines is 1. The normalized spacial score (nSPS) is 16.3. The van der Waals surface area contributed by atoms with Gasteiger partial charge in [-0.05, 0) is 60.9 Å². The fourth-order valence-electron chi connectivity index (χ4n) is 4.11. The third-order valence-electron chi connectivity index (χ3n) is 5.82. The van der Waals surface area contributed by atoms with Gasteiger partial charge in [0, 0.05) is 24.7 Å². The number of amides is 3. The Morgan fingerprint density at radius 1 is 1.21 bits per heavy atom. The molecule has 1 fully saturated rings. The van der Waals surface area contributed by atoms with Gasteiger partial charge in [0.1, 0.15) is 5.82 Å². The van der Waals surface area contributed by atoms with Crippen LogP contribution in [0.3, 0.4) is 0 Å². The minimum absolute atomic E-state index is 0.0262. The first-order valence-corrected chi connectivity index (χ1v) is 10.3. The lowest BCUT2D eigenvalue weighted by Gasteiger charge is -2.32. The van der Waals surface area contributed by atoms with E-state index in [9.17, 15) is 14.0 Å². The molecule has 2 aliphatic heterocycles. The number of fused-ring (bicyclic) bond motifs is 1. The van der Waals surface area contributed by atoms with Crippen molar-refractivity contribution >= 4 is 23.3 Å². The van der Waals surface area contributed by atoms with Crippen LogP contribution in [-0.4, -0.2) is 29.9 Å². The van der Waals surface area contributed by atoms with Crippen molar-refractivity contribution in [2.45, 2.75) is 44.9 Å². The maximum atomic E-state index is 14.5. The van der Waals surface area contributed by atoms with Gasteiger partial charge in [0.05, 0.1) is 11.4 Å². The molecule has 3 amide bonds. The van der Waals surface area contributed by atoms with Crippen LogP contribution in [0.5, 0.6) is 0 Å². The molecule has 0 saturated carbocycles. The standard InChI is InChI=1S/C23H25FN3O2/c1-2-3-4-15-5-7-17(8-6-15)22(28)27-11-9-16(10-12-27)18-13-20-21(14-19(18)24)26-23(29)25-20/h5-8,13-14,16H,2-4,9-12H2,1H3,(H,25,29). The van der Waals surface area contributed by atoms with E-state index in [0.29, 0.717) is 48.4 Å². The second-order valence-electron chi connectivity index (χ2n) is 7.80. The van der Waals surface area contributed by atoms with E-state index in [1.807, 2.05) is 29.2 Å². The van der Waals surface area contributed by atoms with Crippen LogP contribution in [-0.2, 0) is 6.42 Å². The van der Waals surface area contributed by atoms with Crippen molar-refractivity contribution in [3.05, 3.63) is 58.9 Å². The Morgan fingerprint density at radius 2 is 1.93 bits per heavy atom. The number of nitrogens with zero attached hydrogens (tertiary/aromatic N) is 2. The molecule has 1 saturated heterocycles. The number of hydrogen-bond donors (Lipinski definition) is 1. The molecule has 151 valence electrons. The number of likely N-dealkylation sites (tertiary alicyclic amines) is 1. The number of carbonyl (C=O) groups excluding carboxylic acids is 2. The lowest BCUT2D eigenvalue weighted by Crippen LogP contribution is -2.38. The van der Waals surface area contributed by atoms with Crippen molar-refractivity contribution in [1.29, 1.82) is 0 Å². The smallest absolute Gasteiger partial charge is 0.339 e. The number of hydrogen-bond acceptors (Lipinski definition) is 2. The Kier molecular flexibility index (Phi) is 5.51. The SMILES string of the molecule is CCCCc1ccc(C(=O)N2CCC(c3cc4c(cc3F)[N]C(=O)N4)CC2)cc1. The Bertz CT molecular complexity index is 918. The van der Waals surface area contributed by atoms with Gasteiger partial charge in [0.25, 0.3) is 5.91 Å². The molecular weight excluding hydrogens is 369 g/mol. The van der Waals surface area contributed by atoms with E-state index in [0.717, 1.165) is 19.3 Å². The second kappa shape index (κ2) is 8.23. The summed E-state index contributed by atoms with van der Waals surface area (Å²) >= 11 is 0. The highest BCUT2D eigenvalue weighted by molar-refractivity contribution is 6.02. The number of halogens is 1. The van der Waals surface area contributed by atoms with Gasteiger partial charge in [0.2, 0.25) is 0 Å². The predicted molar refractivity (Wildman–Crippen MR) is 110 cm³/mol. The first kappa shape index (κ1) is 19.4. The van der Waals surface area contributed by atoms with Crippen molar-refractivity contribution in [2.24, 2.45) is 0 Å². The molecule has 2 aliphatic rings. The Hall–Kier alpha value is -2.89. The number of carbonyl (C=O) groups is 2. The maximum Gasteiger partial charge on any atom is 0.346 e. The summed E-state index contributed by atoms with van der Waals surface area (Å²) in [6.45, 7) is 3.35. The number of aryl methyl sites for hydroxylation is 1. The summed E-state index contributed by atoms with van der Waals surface area (Å²) in [6, 6.07) is 10.4. The van der Waals surface area contributed by atoms with Crippen LogP contribution in [0.15, 0.2) is 36.4 Å². The quantitative estimate of drug-likeness (QED) is 0.778. The van der Waals surface area contributed by atoms with Gasteiger partial charge in [-0.1, -0.05) is 25.5 Å². The molecule has 1 N–H and O–H groups in total. The molecule has 2 aromatic carbocycles. The minimum atomic E-state index is -0.460. The highest BCUT2D eigenvalue weighted by atomic mass is 19.1. The molecule has 6 heteroatoms. The minimum Gasteiger partial charge on any atom is -0.339 e. The Balaban J connectivity index is 1.39. The average Bonchev–Trinajstić information content (AvgIpc) is 3.10. The van der Waals surface area contributed by atoms with E-state index in [1.165, 1.54) is 11.6 Å². The fourth-order valence-corrected chi connectivity index (χ4v) is 4.11. The molecule has 0 bridgehead atoms. The lowest BCUT2D eigenvalue weighted by molar-refractivity contribution is 0.0712. The third kappa shape index (κ3) is 4.11. The van der Waals surface area contributed by atoms with Gasteiger partial charge >= 0.3 is 6.03 Å². The third-order valence-corrected chi connectivity index (χ3v) is 5.82. The van der Waals surface area contributed by atoms with Crippen LogP contribution in [0.1, 0.15) is 60.0 Å². The zero-order valence-corrected chi connectivity index (χ0v) is 16.6. The van der Waals surface area contributed by atoms with E-state index >= 15 is 0 Å². The molecule has 1 radical (unpaired) electrons. The second-order valence-corrected chi connectivity index (χ2v) is 7.80. The zero-order chi connectivity index (χ0) is 20.4. The molecule has 0 aliphatic carbocycles. The Labute approximate surface area is 170 Å². The van der Waals surface area contributed by atoms with Gasteiger partial charge in [-0.15, -0.1) is 0 Å². The van der Waals surface area contributed by atoms with E-state index in [1.54, 1.807) is 6.07 Å². The van der Waals surface area contributed by atoms with Gasteiger partial charge in [-0.25, -0.2) is 9.18 Å². The van der Waals surface area contributed by atoms with Crippen LogP contribution < -0.4 is 10.6 Å². The maximum absolute atomic E-state index is 14.5. The number of unbranched alkanes of at least 4 members (excludes halogenated alkanes) is 1. The van der Waals surface area contributed by atoms with Crippen molar-refractivity contribution in [2.75, 3.05) is 18.4 Å². The highest BCUT2D eigenvalue weighted by Crippen LogP contribution is 2.37. The first-order valence-electron chi connectivity index (χ1n) is 10.3. The van der Waals surface area contributed by atoms with Gasteiger partial charge in [-0.2, -0.15) is 5.32 Å². The summed E-state index contributed by atoms with van der Waals surface area (Å²) in [5.41, 5.74) is 3.47. The molecule has 0 atom stereocenters. The van der Waals surface area contributed by atoms with Crippen molar-refractivity contribution < 1.29 is 14.0 Å². The van der Waals surface area contributed by atoms with Crippen molar-refractivity contribution in [3.63, 3.8) is 0 Å². The zero-order valence-electron chi connectivity index (χ0n) is 16.6. The summed E-state index contributed by atoms with van der Waals surface area (Å²) in [6.07, 6.45) is 4.73. The van der Waals surface area contributed by atoms with Crippen LogP contribution in [0.2, 0.25) is 0 Å². The molecule has 29 heavy (non-hydrogen) atoms. The molecule has 2 heterocycles. The summed E-state index contributed by atoms with van der Waals surface area (Å²) in [5, 5.41) is 6.38. The van der Waals surface area contributed by atoms with Crippen LogP contribution in [0, 0.1) is 5.82 Å². The highest BCUT2D eigenvalue weighted by Gasteiger charge is 2.29. The molecule has 2 aromatic rings. The number of nitrogens with one attached hydrogen (secondary N) is 1. The molecule has 0 spiro atoms. The average molecular weight is 394 g/mol. The molecule has 0 unspecified atom stereocenters. The van der Waals surface area contributed by atoms with Crippen molar-refractivity contribution in [3.8, 4) is 0 Å². The fraction of sp³-hybridized carbons (Fsp3) is 0.391. The van der Waals surface area contributed by atoms with E-state index < -0.39 is 6.03 Å². The molecule has 5 nitrogen and oxygen atoms in total. The predicted octanol–water partition coefficient (Wildman–Crippen LogP) is 4.97. The monoisotopic (exact) mass is 394 g/mol. The van der Waals surface area contributed by atoms with Gasteiger partial charge < -0.3 is 10.2 Å². The van der Waals surface area contributed by atoms with E-state index in [4.69, 9.17) is 0 Å². The van der Waals surface area contributed by atoms with Gasteiger partial charge in [0.15, 0.2) is 0 Å². The molecule has 4 rings (SSSR count). The largest absolute Gasteiger partial charge is 0.346 e. The topological polar surface area (TPSA) is 63.5 Å². The van der Waals surface area contributed by atoms with E-state index in [-0.39, 0.29) is 17.6 Å². The number of benzene rings is 2. The lowest BCUT2D eigenvalue weighted by atomic mass is 9.88. The number of rotatable bonds is 5. The van der Waals surface area contributed by atoms with E-state index in [2.05, 4.69) is 17.6 Å². The van der Waals surface area contributed by atoms with Crippen LogP contribution in [0.4, 0.5) is 20.6 Å². The summed E-state index contributed by atoms with van der Waals surface area (Å²) in [5.74, 6) is -0.277. The van der Waals surface area contributed by atoms with Crippen LogP contribution >= 0.6 is 0 Å². The van der Waals surface area contributed by atoms with Crippen LogP contribution in [0.25, 0.3) is 0 Å². The number of urea groups is 1. The van der Waals surface area contributed by atoms with Gasteiger partial charge in [-0.3, -0.25) is 4.79 Å².